The molecule has 64 heavy (non-hydrogen) atoms. The SMILES string of the molecule is CC/C=C/C=C/C=C\C=C/C=C/CCCCCC(=O)OC(CCCCCCCCCCCCCCCCC)CC(=O)NC(CO)C(O)CCCCCCCCCCCCCCCCC. The number of carbonyl (C=O) groups is 2. The second-order valence-corrected chi connectivity index (χ2v) is 18.7. The molecule has 3 N–H and O–H groups in total. The summed E-state index contributed by atoms with van der Waals surface area (Å²) in [5.74, 6) is -0.513. The molecule has 0 saturated heterocycles. The summed E-state index contributed by atoms with van der Waals surface area (Å²) in [6, 6.07) is -0.711. The lowest BCUT2D eigenvalue weighted by molar-refractivity contribution is -0.151. The molecular formula is C58H105NO5. The number of aliphatic hydroxyl groups is 2. The van der Waals surface area contributed by atoms with Gasteiger partial charge in [0.25, 0.3) is 0 Å². The Morgan fingerprint density at radius 1 is 0.469 bits per heavy atom. The van der Waals surface area contributed by atoms with E-state index in [4.69, 9.17) is 4.74 Å². The Morgan fingerprint density at radius 3 is 1.27 bits per heavy atom. The number of nitrogens with one attached hydrogen (secondary N) is 1. The first-order chi connectivity index (χ1) is 31.5. The summed E-state index contributed by atoms with van der Waals surface area (Å²) < 4.78 is 5.93. The molecule has 3 unspecified atom stereocenters. The van der Waals surface area contributed by atoms with Crippen LogP contribution in [0, 0.1) is 0 Å². The lowest BCUT2D eigenvalue weighted by atomic mass is 10.0. The van der Waals surface area contributed by atoms with Crippen molar-refractivity contribution in [1.29, 1.82) is 0 Å². The number of esters is 1. The first kappa shape index (κ1) is 61.6. The van der Waals surface area contributed by atoms with Gasteiger partial charge in [0.1, 0.15) is 6.10 Å². The van der Waals surface area contributed by atoms with Crippen molar-refractivity contribution >= 4 is 11.9 Å². The van der Waals surface area contributed by atoms with Gasteiger partial charge < -0.3 is 20.3 Å². The molecule has 0 aromatic heterocycles. The van der Waals surface area contributed by atoms with E-state index < -0.39 is 18.2 Å². The Morgan fingerprint density at radius 2 is 0.844 bits per heavy atom. The van der Waals surface area contributed by atoms with Crippen molar-refractivity contribution in [1.82, 2.24) is 5.32 Å². The van der Waals surface area contributed by atoms with Crippen LogP contribution in [0.4, 0.5) is 0 Å². The maximum atomic E-state index is 13.2. The molecule has 0 aliphatic heterocycles. The number of aliphatic hydroxyl groups excluding tert-OH is 2. The number of ether oxygens (including phenoxy) is 1. The molecule has 3 atom stereocenters. The highest BCUT2D eigenvalue weighted by atomic mass is 16.5. The average Bonchev–Trinajstić information content (AvgIpc) is 3.29. The summed E-state index contributed by atoms with van der Waals surface area (Å²) >= 11 is 0. The van der Waals surface area contributed by atoms with E-state index in [1.165, 1.54) is 154 Å². The van der Waals surface area contributed by atoms with Gasteiger partial charge in [0.15, 0.2) is 0 Å². The number of hydrogen-bond donors (Lipinski definition) is 3. The Hall–Kier alpha value is -2.44. The largest absolute Gasteiger partial charge is 0.462 e. The third-order valence-electron chi connectivity index (χ3n) is 12.5. The lowest BCUT2D eigenvalue weighted by Gasteiger charge is -2.24. The minimum absolute atomic E-state index is 0.0617. The fourth-order valence-corrected chi connectivity index (χ4v) is 8.34. The standard InChI is InChI=1S/C58H105NO5/c1-4-7-10-13-16-19-22-25-28-31-34-37-40-43-46-49-54(64-58(63)51-48-45-42-39-36-33-30-27-24-21-18-15-12-9-6-3)52-57(62)59-55(53-60)56(61)50-47-44-41-38-35-32-29-26-23-20-17-14-11-8-5-2/h9,12,15,18,21,24,27,30,33,36,54-56,60-61H,4-8,10-11,13-14,16-17,19-20,22-23,25-26,28-29,31-32,34-35,37-53H2,1-3H3,(H,59,62)/b12-9+,18-15+,24-21-,30-27-,36-33+. The highest BCUT2D eigenvalue weighted by Gasteiger charge is 2.24. The molecule has 0 aromatic carbocycles. The molecule has 6 heteroatoms. The molecule has 0 bridgehead atoms. The summed E-state index contributed by atoms with van der Waals surface area (Å²) in [5.41, 5.74) is 0. The van der Waals surface area contributed by atoms with E-state index in [9.17, 15) is 19.8 Å². The molecule has 0 aliphatic carbocycles. The lowest BCUT2D eigenvalue weighted by Crippen LogP contribution is -2.46. The first-order valence-electron chi connectivity index (χ1n) is 27.6. The third kappa shape index (κ3) is 46.1. The van der Waals surface area contributed by atoms with E-state index in [-0.39, 0.29) is 24.9 Å². The minimum atomic E-state index is -0.796. The number of unbranched alkanes of at least 4 members (excludes halogenated alkanes) is 31. The van der Waals surface area contributed by atoms with Crippen LogP contribution in [0.15, 0.2) is 60.8 Å². The molecule has 372 valence electrons. The van der Waals surface area contributed by atoms with Gasteiger partial charge in [-0.3, -0.25) is 9.59 Å². The summed E-state index contributed by atoms with van der Waals surface area (Å²) in [5, 5.41) is 23.8. The van der Waals surface area contributed by atoms with Gasteiger partial charge in [0, 0.05) is 6.42 Å². The van der Waals surface area contributed by atoms with Crippen molar-refractivity contribution < 1.29 is 24.5 Å². The van der Waals surface area contributed by atoms with E-state index in [2.05, 4.69) is 50.4 Å². The Kier molecular flexibility index (Phi) is 49.6. The molecule has 6 nitrogen and oxygen atoms in total. The number of allylic oxidation sites excluding steroid dienone is 10. The van der Waals surface area contributed by atoms with Crippen LogP contribution in [0.1, 0.15) is 271 Å². The number of hydrogen-bond acceptors (Lipinski definition) is 5. The quantitative estimate of drug-likeness (QED) is 0.0321. The zero-order valence-electron chi connectivity index (χ0n) is 42.4. The third-order valence-corrected chi connectivity index (χ3v) is 12.5. The summed E-state index contributed by atoms with van der Waals surface area (Å²) in [6.07, 6.45) is 64.2. The van der Waals surface area contributed by atoms with Crippen LogP contribution in [-0.4, -0.2) is 46.9 Å². The smallest absolute Gasteiger partial charge is 0.306 e. The molecule has 0 aliphatic rings. The fourth-order valence-electron chi connectivity index (χ4n) is 8.34. The number of rotatable bonds is 49. The van der Waals surface area contributed by atoms with Gasteiger partial charge in [-0.05, 0) is 44.9 Å². The van der Waals surface area contributed by atoms with E-state index in [0.29, 0.717) is 19.3 Å². The van der Waals surface area contributed by atoms with Crippen LogP contribution in [0.5, 0.6) is 0 Å². The van der Waals surface area contributed by atoms with Gasteiger partial charge in [-0.15, -0.1) is 0 Å². The van der Waals surface area contributed by atoms with Crippen molar-refractivity contribution in [3.63, 3.8) is 0 Å². The maximum absolute atomic E-state index is 13.2. The topological polar surface area (TPSA) is 95.9 Å². The summed E-state index contributed by atoms with van der Waals surface area (Å²) in [4.78, 5) is 26.2. The number of amides is 1. The van der Waals surface area contributed by atoms with Gasteiger partial charge in [0.05, 0.1) is 25.2 Å². The normalized spacial score (nSPS) is 13.6. The van der Waals surface area contributed by atoms with Gasteiger partial charge in [-0.2, -0.15) is 0 Å². The fraction of sp³-hybridized carbons (Fsp3) is 0.793. The predicted molar refractivity (Wildman–Crippen MR) is 278 cm³/mol. The highest BCUT2D eigenvalue weighted by molar-refractivity contribution is 5.77. The van der Waals surface area contributed by atoms with Crippen LogP contribution >= 0.6 is 0 Å². The van der Waals surface area contributed by atoms with Gasteiger partial charge in [0.2, 0.25) is 5.91 Å². The van der Waals surface area contributed by atoms with Crippen molar-refractivity contribution in [3.8, 4) is 0 Å². The van der Waals surface area contributed by atoms with E-state index in [1.807, 2.05) is 36.5 Å². The van der Waals surface area contributed by atoms with Crippen molar-refractivity contribution in [2.45, 2.75) is 289 Å². The molecule has 0 spiro atoms. The number of carbonyl (C=O) groups excluding carboxylic acids is 2. The van der Waals surface area contributed by atoms with Gasteiger partial charge in [-0.25, -0.2) is 0 Å². The second-order valence-electron chi connectivity index (χ2n) is 18.7. The highest BCUT2D eigenvalue weighted by Crippen LogP contribution is 2.18. The maximum Gasteiger partial charge on any atom is 0.306 e. The van der Waals surface area contributed by atoms with Crippen LogP contribution < -0.4 is 5.32 Å². The molecule has 0 radical (unpaired) electrons. The summed E-state index contributed by atoms with van der Waals surface area (Å²) in [7, 11) is 0. The molecule has 1 amide bonds. The Labute approximate surface area is 397 Å². The van der Waals surface area contributed by atoms with Crippen LogP contribution in [-0.2, 0) is 14.3 Å². The predicted octanol–water partition coefficient (Wildman–Crippen LogP) is 16.8. The van der Waals surface area contributed by atoms with E-state index in [0.717, 1.165) is 70.6 Å². The van der Waals surface area contributed by atoms with Crippen LogP contribution in [0.2, 0.25) is 0 Å². The zero-order chi connectivity index (χ0) is 46.7. The van der Waals surface area contributed by atoms with Crippen molar-refractivity contribution in [2.24, 2.45) is 0 Å². The monoisotopic (exact) mass is 896 g/mol. The van der Waals surface area contributed by atoms with Gasteiger partial charge in [-0.1, -0.05) is 274 Å². The van der Waals surface area contributed by atoms with Crippen molar-refractivity contribution in [3.05, 3.63) is 60.8 Å². The van der Waals surface area contributed by atoms with Crippen LogP contribution in [0.25, 0.3) is 0 Å². The molecule has 0 rings (SSSR count). The molecule has 0 aromatic rings. The minimum Gasteiger partial charge on any atom is -0.462 e. The first-order valence-corrected chi connectivity index (χ1v) is 27.6. The zero-order valence-corrected chi connectivity index (χ0v) is 42.4. The van der Waals surface area contributed by atoms with Crippen molar-refractivity contribution in [2.75, 3.05) is 6.61 Å². The van der Waals surface area contributed by atoms with Crippen LogP contribution in [0.3, 0.4) is 0 Å². The second kappa shape index (κ2) is 51.5. The Bertz CT molecular complexity index is 1140. The molecule has 0 fully saturated rings. The van der Waals surface area contributed by atoms with E-state index in [1.54, 1.807) is 0 Å². The Balaban J connectivity index is 4.61. The van der Waals surface area contributed by atoms with Gasteiger partial charge >= 0.3 is 5.97 Å². The molecule has 0 saturated carbocycles. The molecule has 0 heterocycles. The molecular weight excluding hydrogens is 791 g/mol. The average molecular weight is 896 g/mol. The van der Waals surface area contributed by atoms with E-state index >= 15 is 0 Å². The summed E-state index contributed by atoms with van der Waals surface area (Å²) in [6.45, 7) is 6.36.